The minimum atomic E-state index is -0.925. The van der Waals surface area contributed by atoms with Gasteiger partial charge in [0, 0.05) is 48.3 Å². The van der Waals surface area contributed by atoms with Crippen LogP contribution in [0.3, 0.4) is 0 Å². The van der Waals surface area contributed by atoms with Gasteiger partial charge in [0.25, 0.3) is 0 Å². The second-order valence-electron chi connectivity index (χ2n) is 7.92. The third-order valence-corrected chi connectivity index (χ3v) is 5.78. The van der Waals surface area contributed by atoms with Crippen molar-refractivity contribution in [3.63, 3.8) is 0 Å². The number of nitrogens with one attached hydrogen (secondary N) is 2. The fraction of sp³-hybridized carbons (Fsp3) is 0.318. The first-order valence-corrected chi connectivity index (χ1v) is 10.3. The second kappa shape index (κ2) is 8.86. The van der Waals surface area contributed by atoms with Gasteiger partial charge in [-0.2, -0.15) is 0 Å². The first-order valence-electron chi connectivity index (χ1n) is 10.3. The Kier molecular flexibility index (Phi) is 6.11. The van der Waals surface area contributed by atoms with E-state index in [4.69, 9.17) is 15.2 Å². The average molecular weight is 478 g/mol. The molecule has 11 heteroatoms. The van der Waals surface area contributed by atoms with Crippen molar-refractivity contribution in [3.8, 4) is 17.0 Å². The molecule has 0 atom stereocenters. The Bertz CT molecular complexity index is 1240. The van der Waals surface area contributed by atoms with Crippen molar-refractivity contribution in [2.75, 3.05) is 29.5 Å². The molecule has 4 N–H and O–H groups in total. The zero-order chi connectivity index (χ0) is 22.4. The van der Waals surface area contributed by atoms with Crippen LogP contribution in [0.4, 0.5) is 30.8 Å². The lowest BCUT2D eigenvalue weighted by Gasteiger charge is -2.28. The third kappa shape index (κ3) is 4.18. The molecule has 3 aromatic rings. The Morgan fingerprint density at radius 2 is 2.06 bits per heavy atom. The summed E-state index contributed by atoms with van der Waals surface area (Å²) in [5, 5.41) is 6.75. The van der Waals surface area contributed by atoms with Crippen molar-refractivity contribution >= 4 is 46.5 Å². The Labute approximate surface area is 194 Å². The molecule has 0 radical (unpaired) electrons. The molecular weight excluding hydrogens is 456 g/mol. The maximum atomic E-state index is 15.2. The highest BCUT2D eigenvalue weighted by molar-refractivity contribution is 5.99. The van der Waals surface area contributed by atoms with Gasteiger partial charge in [0.1, 0.15) is 30.4 Å². The number of nitrogens with two attached hydrogens (primary N) is 1. The lowest BCUT2D eigenvalue weighted by molar-refractivity contribution is 0.00921. The number of rotatable bonds is 3. The smallest absolute Gasteiger partial charge is 0.413 e. The van der Waals surface area contributed by atoms with Crippen molar-refractivity contribution < 1.29 is 23.0 Å². The number of carbonyl (C=O) groups excluding carboxylic acids is 1. The molecule has 174 valence electrons. The quantitative estimate of drug-likeness (QED) is 0.472. The van der Waals surface area contributed by atoms with Gasteiger partial charge in [-0.3, -0.25) is 5.32 Å². The summed E-state index contributed by atoms with van der Waals surface area (Å²) in [6.45, 7) is 3.00. The fourth-order valence-electron chi connectivity index (χ4n) is 3.94. The SMILES string of the molecule is Cc1c(-c2cc3cc(NC(=O)OC4CC(F)C4)ncc3c(N)c2F)cnc2c1NCCO2.Cl. The first-order chi connectivity index (χ1) is 15.4. The fourth-order valence-corrected chi connectivity index (χ4v) is 3.94. The summed E-state index contributed by atoms with van der Waals surface area (Å²) in [6, 6.07) is 3.22. The average Bonchev–Trinajstić information content (AvgIpc) is 2.76. The number of alkyl halides is 1. The van der Waals surface area contributed by atoms with E-state index in [0.717, 1.165) is 11.3 Å². The molecule has 8 nitrogen and oxygen atoms in total. The van der Waals surface area contributed by atoms with Crippen LogP contribution in [0.25, 0.3) is 21.9 Å². The Morgan fingerprint density at radius 1 is 1.27 bits per heavy atom. The van der Waals surface area contributed by atoms with Gasteiger partial charge in [-0.05, 0) is 30.0 Å². The van der Waals surface area contributed by atoms with E-state index in [2.05, 4.69) is 20.6 Å². The molecule has 1 amide bonds. The van der Waals surface area contributed by atoms with Crippen LogP contribution in [0.5, 0.6) is 5.88 Å². The molecule has 2 aliphatic rings. The molecule has 0 spiro atoms. The largest absolute Gasteiger partial charge is 0.474 e. The van der Waals surface area contributed by atoms with Crippen LogP contribution in [-0.2, 0) is 4.74 Å². The van der Waals surface area contributed by atoms with Gasteiger partial charge in [0.15, 0.2) is 5.82 Å². The number of nitrogens with zero attached hydrogens (tertiary/aromatic N) is 2. The molecular formula is C22H22ClF2N5O3. The monoisotopic (exact) mass is 477 g/mol. The molecule has 2 aromatic heterocycles. The predicted molar refractivity (Wildman–Crippen MR) is 123 cm³/mol. The van der Waals surface area contributed by atoms with Crippen LogP contribution in [0, 0.1) is 12.7 Å². The number of nitrogen functional groups attached to an aromatic ring is 1. The van der Waals surface area contributed by atoms with Crippen LogP contribution in [0.2, 0.25) is 0 Å². The number of carbonyl (C=O) groups is 1. The maximum absolute atomic E-state index is 15.2. The summed E-state index contributed by atoms with van der Waals surface area (Å²) < 4.78 is 38.8. The minimum absolute atomic E-state index is 0. The predicted octanol–water partition coefficient (Wildman–Crippen LogP) is 4.60. The molecule has 1 aromatic carbocycles. The Balaban J connectivity index is 0.00000259. The van der Waals surface area contributed by atoms with Crippen molar-refractivity contribution in [2.45, 2.75) is 32.0 Å². The van der Waals surface area contributed by atoms with Crippen LogP contribution < -0.4 is 21.1 Å². The number of benzene rings is 1. The lowest BCUT2D eigenvalue weighted by atomic mass is 9.94. The van der Waals surface area contributed by atoms with Gasteiger partial charge in [-0.25, -0.2) is 23.5 Å². The van der Waals surface area contributed by atoms with Gasteiger partial charge in [0.05, 0.1) is 5.69 Å². The van der Waals surface area contributed by atoms with Crippen LogP contribution >= 0.6 is 12.4 Å². The van der Waals surface area contributed by atoms with E-state index >= 15 is 4.39 Å². The zero-order valence-electron chi connectivity index (χ0n) is 17.7. The second-order valence-corrected chi connectivity index (χ2v) is 7.92. The summed E-state index contributed by atoms with van der Waals surface area (Å²) in [6.07, 6.45) is 1.27. The van der Waals surface area contributed by atoms with Crippen LogP contribution in [-0.4, -0.2) is 41.5 Å². The minimum Gasteiger partial charge on any atom is -0.474 e. The number of ether oxygens (including phenoxy) is 2. The van der Waals surface area contributed by atoms with E-state index in [1.165, 1.54) is 6.20 Å². The van der Waals surface area contributed by atoms with Crippen molar-refractivity contribution in [1.82, 2.24) is 9.97 Å². The van der Waals surface area contributed by atoms with Gasteiger partial charge < -0.3 is 20.5 Å². The van der Waals surface area contributed by atoms with Crippen molar-refractivity contribution in [1.29, 1.82) is 0 Å². The highest BCUT2D eigenvalue weighted by Gasteiger charge is 2.32. The molecule has 0 bridgehead atoms. The summed E-state index contributed by atoms with van der Waals surface area (Å²) in [7, 11) is 0. The number of hydrogen-bond acceptors (Lipinski definition) is 7. The van der Waals surface area contributed by atoms with Crippen LogP contribution in [0.1, 0.15) is 18.4 Å². The standard InChI is InChI=1S/C22H21F2N5O3.ClH/c1-10-15(8-28-21-20(10)26-2-3-31-21)14-4-11-5-17(27-9-16(11)19(25)18(14)24)29-22(30)32-13-6-12(23)7-13;/h4-5,8-9,12-13,26H,2-3,6-7,25H2,1H3,(H,27,29,30);1H. The van der Waals surface area contributed by atoms with Crippen molar-refractivity contribution in [3.05, 3.63) is 35.9 Å². The number of fused-ring (bicyclic) bond motifs is 2. The number of pyridine rings is 2. The molecule has 5 rings (SSSR count). The Hall–Kier alpha value is -3.40. The van der Waals surface area contributed by atoms with E-state index in [-0.39, 0.29) is 42.3 Å². The van der Waals surface area contributed by atoms with Gasteiger partial charge >= 0.3 is 6.09 Å². The summed E-state index contributed by atoms with van der Waals surface area (Å²) in [5.41, 5.74) is 8.38. The first kappa shape index (κ1) is 22.8. The summed E-state index contributed by atoms with van der Waals surface area (Å²) >= 11 is 0. The van der Waals surface area contributed by atoms with Crippen molar-refractivity contribution in [2.24, 2.45) is 0 Å². The molecule has 1 saturated carbocycles. The highest BCUT2D eigenvalue weighted by Crippen LogP contribution is 2.39. The van der Waals surface area contributed by atoms with E-state index in [1.807, 2.05) is 6.92 Å². The topological polar surface area (TPSA) is 111 Å². The molecule has 3 heterocycles. The van der Waals surface area contributed by atoms with E-state index in [0.29, 0.717) is 35.4 Å². The number of hydrogen-bond donors (Lipinski definition) is 3. The van der Waals surface area contributed by atoms with Gasteiger partial charge in [-0.1, -0.05) is 0 Å². The molecule has 0 unspecified atom stereocenters. The summed E-state index contributed by atoms with van der Waals surface area (Å²) in [5.74, 6) is 0.115. The van der Waals surface area contributed by atoms with Crippen LogP contribution in [0.15, 0.2) is 24.5 Å². The number of anilines is 3. The zero-order valence-corrected chi connectivity index (χ0v) is 18.5. The van der Waals surface area contributed by atoms with E-state index in [9.17, 15) is 9.18 Å². The molecule has 1 aliphatic heterocycles. The number of halogens is 3. The van der Waals surface area contributed by atoms with E-state index < -0.39 is 24.2 Å². The molecule has 0 saturated heterocycles. The lowest BCUT2D eigenvalue weighted by Crippen LogP contribution is -2.35. The van der Waals surface area contributed by atoms with Gasteiger partial charge in [0.2, 0.25) is 5.88 Å². The van der Waals surface area contributed by atoms with E-state index in [1.54, 1.807) is 18.3 Å². The Morgan fingerprint density at radius 3 is 2.82 bits per heavy atom. The third-order valence-electron chi connectivity index (χ3n) is 5.78. The summed E-state index contributed by atoms with van der Waals surface area (Å²) in [4.78, 5) is 20.5. The number of amides is 1. The van der Waals surface area contributed by atoms with Gasteiger partial charge in [-0.15, -0.1) is 12.4 Å². The molecule has 33 heavy (non-hydrogen) atoms. The highest BCUT2D eigenvalue weighted by atomic mass is 35.5. The molecule has 1 fully saturated rings. The maximum Gasteiger partial charge on any atom is 0.413 e. The molecule has 1 aliphatic carbocycles. The normalized spacial score (nSPS) is 18.8. The number of aromatic nitrogens is 2.